The van der Waals surface area contributed by atoms with E-state index in [1.807, 2.05) is 17.4 Å². The van der Waals surface area contributed by atoms with Gasteiger partial charge in [0, 0.05) is 32.7 Å². The molecule has 1 unspecified atom stereocenters. The molecule has 4 nitrogen and oxygen atoms in total. The maximum Gasteiger partial charge on any atom is 0.471 e. The number of likely N-dealkylation sites (N-methyl/N-ethyl adjacent to an activating group) is 1. The van der Waals surface area contributed by atoms with Crippen LogP contribution in [0.15, 0.2) is 24.3 Å². The van der Waals surface area contributed by atoms with Crippen molar-refractivity contribution in [1.82, 2.24) is 15.1 Å². The molecule has 1 amide bonds. The number of benzene rings is 1. The molecule has 1 heterocycles. The highest BCUT2D eigenvalue weighted by Gasteiger charge is 2.39. The van der Waals surface area contributed by atoms with Gasteiger partial charge in [0.25, 0.3) is 0 Å². The Kier molecular flexibility index (Phi) is 5.64. The Hall–Kier alpha value is -1.60. The van der Waals surface area contributed by atoms with Crippen LogP contribution in [0.5, 0.6) is 0 Å². The molecule has 1 N–H and O–H groups in total. The predicted octanol–water partition coefficient (Wildman–Crippen LogP) is 2.17. The van der Waals surface area contributed by atoms with Gasteiger partial charge in [-0.1, -0.05) is 24.3 Å². The van der Waals surface area contributed by atoms with E-state index in [-0.39, 0.29) is 0 Å². The molecule has 2 rings (SSSR count). The summed E-state index contributed by atoms with van der Waals surface area (Å²) >= 11 is 0. The fourth-order valence-corrected chi connectivity index (χ4v) is 2.54. The van der Waals surface area contributed by atoms with E-state index in [1.165, 1.54) is 0 Å². The number of carbonyl (C=O) groups is 1. The van der Waals surface area contributed by atoms with E-state index in [0.29, 0.717) is 5.56 Å². The molecule has 1 aromatic rings. The second kappa shape index (κ2) is 7.31. The Morgan fingerprint density at radius 1 is 1.17 bits per heavy atom. The van der Waals surface area contributed by atoms with Crippen LogP contribution in [0.4, 0.5) is 13.2 Å². The first-order valence-electron chi connectivity index (χ1n) is 7.63. The lowest BCUT2D eigenvalue weighted by Crippen LogP contribution is -2.43. The summed E-state index contributed by atoms with van der Waals surface area (Å²) in [5, 5.41) is 1.96. The monoisotopic (exact) mass is 329 g/mol. The van der Waals surface area contributed by atoms with Crippen LogP contribution in [0.2, 0.25) is 0 Å². The first-order valence-corrected chi connectivity index (χ1v) is 7.63. The third-order valence-electron chi connectivity index (χ3n) is 4.09. The summed E-state index contributed by atoms with van der Waals surface area (Å²) in [6.45, 7) is 6.47. The van der Waals surface area contributed by atoms with Gasteiger partial charge in [0.2, 0.25) is 0 Å². The molecule has 7 heteroatoms. The minimum absolute atomic E-state index is 0.657. The van der Waals surface area contributed by atoms with Gasteiger partial charge in [0.1, 0.15) is 0 Å². The molecule has 0 bridgehead atoms. The number of piperazine rings is 1. The van der Waals surface area contributed by atoms with Crippen LogP contribution >= 0.6 is 0 Å². The van der Waals surface area contributed by atoms with E-state index in [4.69, 9.17) is 0 Å². The highest BCUT2D eigenvalue weighted by Crippen LogP contribution is 2.19. The summed E-state index contributed by atoms with van der Waals surface area (Å²) in [6.07, 6.45) is -4.85. The van der Waals surface area contributed by atoms with Gasteiger partial charge >= 0.3 is 12.1 Å². The van der Waals surface area contributed by atoms with Crippen LogP contribution in [0.1, 0.15) is 24.1 Å². The zero-order valence-electron chi connectivity index (χ0n) is 13.4. The number of halogens is 3. The zero-order valence-corrected chi connectivity index (χ0v) is 13.4. The van der Waals surface area contributed by atoms with E-state index >= 15 is 0 Å². The van der Waals surface area contributed by atoms with E-state index in [2.05, 4.69) is 16.8 Å². The summed E-state index contributed by atoms with van der Waals surface area (Å²) in [7, 11) is 2.10. The summed E-state index contributed by atoms with van der Waals surface area (Å²) in [4.78, 5) is 15.6. The summed E-state index contributed by atoms with van der Waals surface area (Å²) in [5.74, 6) is -1.91. The predicted molar refractivity (Wildman–Crippen MR) is 81.8 cm³/mol. The normalized spacial score (nSPS) is 18.7. The third-order valence-corrected chi connectivity index (χ3v) is 4.09. The number of nitrogens with zero attached hydrogens (tertiary/aromatic N) is 2. The molecule has 1 saturated heterocycles. The first kappa shape index (κ1) is 17.7. The number of rotatable bonds is 4. The lowest BCUT2D eigenvalue weighted by molar-refractivity contribution is -0.174. The lowest BCUT2D eigenvalue weighted by atomic mass is 10.1. The van der Waals surface area contributed by atoms with Gasteiger partial charge in [-0.2, -0.15) is 13.2 Å². The van der Waals surface area contributed by atoms with Crippen molar-refractivity contribution < 1.29 is 18.0 Å². The maximum absolute atomic E-state index is 12.3. The molecule has 1 aliphatic rings. The highest BCUT2D eigenvalue weighted by atomic mass is 19.4. The minimum Gasteiger partial charge on any atom is -0.342 e. The molecular formula is C16H22F3N3O. The standard InChI is InChI=1S/C16H22F3N3O/c1-12(20-15(23)16(17,18)19)14-5-3-13(4-6-14)11-22-9-7-21(2)8-10-22/h3-6,12H,7-11H2,1-2H3,(H,20,23). The lowest BCUT2D eigenvalue weighted by Gasteiger charge is -2.32. The SMILES string of the molecule is CC(NC(=O)C(F)(F)F)c1ccc(CN2CCN(C)CC2)cc1. The molecule has 128 valence electrons. The second-order valence-corrected chi connectivity index (χ2v) is 6.01. The van der Waals surface area contributed by atoms with Gasteiger partial charge in [0.05, 0.1) is 6.04 Å². The van der Waals surface area contributed by atoms with E-state index in [9.17, 15) is 18.0 Å². The topological polar surface area (TPSA) is 35.6 Å². The molecule has 23 heavy (non-hydrogen) atoms. The smallest absolute Gasteiger partial charge is 0.342 e. The van der Waals surface area contributed by atoms with Crippen LogP contribution in [0, 0.1) is 0 Å². The minimum atomic E-state index is -4.85. The van der Waals surface area contributed by atoms with Crippen LogP contribution in [0.3, 0.4) is 0 Å². The fourth-order valence-electron chi connectivity index (χ4n) is 2.54. The van der Waals surface area contributed by atoms with E-state index in [1.54, 1.807) is 19.1 Å². The van der Waals surface area contributed by atoms with Crippen molar-refractivity contribution in [3.63, 3.8) is 0 Å². The van der Waals surface area contributed by atoms with Gasteiger partial charge in [-0.05, 0) is 25.1 Å². The fraction of sp³-hybridized carbons (Fsp3) is 0.562. The van der Waals surface area contributed by atoms with Gasteiger partial charge < -0.3 is 10.2 Å². The Morgan fingerprint density at radius 2 is 1.74 bits per heavy atom. The van der Waals surface area contributed by atoms with Crippen LogP contribution in [-0.4, -0.2) is 55.1 Å². The molecule has 1 atom stereocenters. The quantitative estimate of drug-likeness (QED) is 0.920. The van der Waals surface area contributed by atoms with Crippen LogP contribution in [0.25, 0.3) is 0 Å². The van der Waals surface area contributed by atoms with Gasteiger partial charge in [0.15, 0.2) is 0 Å². The van der Waals surface area contributed by atoms with Gasteiger partial charge in [-0.3, -0.25) is 9.69 Å². The molecule has 1 fully saturated rings. The van der Waals surface area contributed by atoms with Crippen molar-refractivity contribution in [1.29, 1.82) is 0 Å². The number of amides is 1. The van der Waals surface area contributed by atoms with Crippen molar-refractivity contribution in [2.24, 2.45) is 0 Å². The second-order valence-electron chi connectivity index (χ2n) is 6.01. The summed E-state index contributed by atoms with van der Waals surface area (Å²) < 4.78 is 36.8. The van der Waals surface area contributed by atoms with Crippen LogP contribution < -0.4 is 5.32 Å². The summed E-state index contributed by atoms with van der Waals surface area (Å²) in [6, 6.07) is 6.68. The largest absolute Gasteiger partial charge is 0.471 e. The Bertz CT molecular complexity index is 522. The third kappa shape index (κ3) is 5.21. The summed E-state index contributed by atoms with van der Waals surface area (Å²) in [5.41, 5.74) is 1.78. The van der Waals surface area contributed by atoms with Crippen molar-refractivity contribution in [3.05, 3.63) is 35.4 Å². The number of alkyl halides is 3. The number of hydrogen-bond donors (Lipinski definition) is 1. The molecular weight excluding hydrogens is 307 g/mol. The Morgan fingerprint density at radius 3 is 2.26 bits per heavy atom. The highest BCUT2D eigenvalue weighted by molar-refractivity contribution is 5.82. The molecule has 1 aromatic carbocycles. The van der Waals surface area contributed by atoms with Gasteiger partial charge in [-0.25, -0.2) is 0 Å². The van der Waals surface area contributed by atoms with Gasteiger partial charge in [-0.15, -0.1) is 0 Å². The van der Waals surface area contributed by atoms with E-state index < -0.39 is 18.1 Å². The Balaban J connectivity index is 1.90. The number of nitrogens with one attached hydrogen (secondary N) is 1. The molecule has 0 spiro atoms. The van der Waals surface area contributed by atoms with Crippen LogP contribution in [-0.2, 0) is 11.3 Å². The van der Waals surface area contributed by atoms with Crippen molar-refractivity contribution in [3.8, 4) is 0 Å². The Labute approximate surface area is 134 Å². The zero-order chi connectivity index (χ0) is 17.0. The first-order chi connectivity index (χ1) is 10.8. The molecule has 0 aromatic heterocycles. The molecule has 0 aliphatic carbocycles. The van der Waals surface area contributed by atoms with Crippen molar-refractivity contribution >= 4 is 5.91 Å². The molecule has 1 aliphatic heterocycles. The average Bonchev–Trinajstić information content (AvgIpc) is 2.49. The maximum atomic E-state index is 12.3. The number of hydrogen-bond acceptors (Lipinski definition) is 3. The van der Waals surface area contributed by atoms with Crippen molar-refractivity contribution in [2.75, 3.05) is 33.2 Å². The van der Waals surface area contributed by atoms with E-state index in [0.717, 1.165) is 38.3 Å². The molecule has 0 radical (unpaired) electrons. The molecule has 0 saturated carbocycles. The van der Waals surface area contributed by atoms with Crippen molar-refractivity contribution in [2.45, 2.75) is 25.7 Å². The number of carbonyl (C=O) groups excluding carboxylic acids is 1. The average molecular weight is 329 g/mol.